The van der Waals surface area contributed by atoms with Crippen molar-refractivity contribution in [1.29, 1.82) is 0 Å². The molecule has 0 N–H and O–H groups in total. The van der Waals surface area contributed by atoms with E-state index in [2.05, 4.69) is 4.98 Å². The average Bonchev–Trinajstić information content (AvgIpc) is 2.97. The number of halogens is 1. The molecular formula is C17H13IN2O4. The number of ether oxygens (including phenoxy) is 1. The first-order valence-electron chi connectivity index (χ1n) is 7.11. The number of pyridine rings is 1. The Morgan fingerprint density at radius 3 is 3.00 bits per heavy atom. The molecule has 7 heteroatoms. The van der Waals surface area contributed by atoms with Gasteiger partial charge in [0.2, 0.25) is 0 Å². The molecule has 0 aliphatic heterocycles. The molecule has 6 nitrogen and oxygen atoms in total. The zero-order valence-corrected chi connectivity index (χ0v) is 14.9. The monoisotopic (exact) mass is 436 g/mol. The smallest absolute Gasteiger partial charge is 0.331 e. The van der Waals surface area contributed by atoms with Crippen LogP contribution in [0.15, 0.2) is 51.8 Å². The summed E-state index contributed by atoms with van der Waals surface area (Å²) < 4.78 is 12.6. The van der Waals surface area contributed by atoms with Gasteiger partial charge in [0.1, 0.15) is 18.0 Å². The van der Waals surface area contributed by atoms with Crippen molar-refractivity contribution in [3.8, 4) is 0 Å². The highest BCUT2D eigenvalue weighted by molar-refractivity contribution is 14.1. The first-order valence-corrected chi connectivity index (χ1v) is 8.19. The Hall–Kier alpha value is -2.42. The summed E-state index contributed by atoms with van der Waals surface area (Å²) in [7, 11) is 0. The Morgan fingerprint density at radius 2 is 2.25 bits per heavy atom. The summed E-state index contributed by atoms with van der Waals surface area (Å²) in [6, 6.07) is 8.55. The molecule has 0 atom stereocenters. The zero-order valence-electron chi connectivity index (χ0n) is 12.7. The molecule has 122 valence electrons. The summed E-state index contributed by atoms with van der Waals surface area (Å²) in [4.78, 5) is 28.2. The largest absolute Gasteiger partial charge is 0.456 e. The van der Waals surface area contributed by atoms with E-state index in [0.29, 0.717) is 17.1 Å². The lowest BCUT2D eigenvalue weighted by Crippen LogP contribution is -2.17. The summed E-state index contributed by atoms with van der Waals surface area (Å²) >= 11 is 2.04. The van der Waals surface area contributed by atoms with Crippen LogP contribution in [-0.4, -0.2) is 15.4 Å². The van der Waals surface area contributed by atoms with Crippen molar-refractivity contribution >= 4 is 40.3 Å². The number of fused-ring (bicyclic) bond motifs is 1. The normalized spacial score (nSPS) is 11.2. The van der Waals surface area contributed by atoms with E-state index in [1.807, 2.05) is 35.6 Å². The standard InChI is InChI=1S/C17H13IN2O4/c1-11-3-2-8-20-15(21)9-12(19-17(11)20)10-23-16(22)7-5-13-4-6-14(18)24-13/h2-9H,10H2,1H3/b7-5+. The minimum atomic E-state index is -0.534. The Morgan fingerprint density at radius 1 is 1.42 bits per heavy atom. The molecule has 3 heterocycles. The predicted octanol–water partition coefficient (Wildman–Crippen LogP) is 2.96. The van der Waals surface area contributed by atoms with Crippen LogP contribution >= 0.6 is 22.6 Å². The van der Waals surface area contributed by atoms with Crippen LogP contribution in [0.25, 0.3) is 11.7 Å². The lowest BCUT2D eigenvalue weighted by Gasteiger charge is -2.06. The highest BCUT2D eigenvalue weighted by atomic mass is 127. The summed E-state index contributed by atoms with van der Waals surface area (Å²) in [5.74, 6) is 0.0299. The van der Waals surface area contributed by atoms with Gasteiger partial charge >= 0.3 is 5.97 Å². The van der Waals surface area contributed by atoms with E-state index in [9.17, 15) is 9.59 Å². The number of furan rings is 1. The average molecular weight is 436 g/mol. The number of carbonyl (C=O) groups is 1. The number of aromatic nitrogens is 2. The highest BCUT2D eigenvalue weighted by Gasteiger charge is 2.06. The van der Waals surface area contributed by atoms with E-state index < -0.39 is 5.97 Å². The van der Waals surface area contributed by atoms with Crippen LogP contribution < -0.4 is 5.56 Å². The van der Waals surface area contributed by atoms with Gasteiger partial charge < -0.3 is 9.15 Å². The van der Waals surface area contributed by atoms with Gasteiger partial charge in [-0.1, -0.05) is 6.07 Å². The minimum Gasteiger partial charge on any atom is -0.456 e. The summed E-state index contributed by atoms with van der Waals surface area (Å²) in [5, 5.41) is 0. The van der Waals surface area contributed by atoms with Crippen molar-refractivity contribution in [3.05, 3.63) is 73.7 Å². The van der Waals surface area contributed by atoms with Gasteiger partial charge in [-0.2, -0.15) is 0 Å². The fraction of sp³-hybridized carbons (Fsp3) is 0.118. The third-order valence-electron chi connectivity index (χ3n) is 3.28. The minimum absolute atomic E-state index is 0.0705. The SMILES string of the molecule is Cc1cccn2c(=O)cc(COC(=O)/C=C/c3ccc(I)o3)nc12. The van der Waals surface area contributed by atoms with Crippen LogP contribution in [0, 0.1) is 10.7 Å². The van der Waals surface area contributed by atoms with Gasteiger partial charge in [-0.05, 0) is 59.4 Å². The van der Waals surface area contributed by atoms with Gasteiger partial charge in [-0.15, -0.1) is 0 Å². The zero-order chi connectivity index (χ0) is 17.1. The Kier molecular flexibility index (Phi) is 4.79. The van der Waals surface area contributed by atoms with E-state index in [1.54, 1.807) is 24.4 Å². The molecule has 0 saturated heterocycles. The van der Waals surface area contributed by atoms with E-state index >= 15 is 0 Å². The molecule has 0 radical (unpaired) electrons. The molecule has 3 aromatic heterocycles. The van der Waals surface area contributed by atoms with Crippen molar-refractivity contribution in [2.45, 2.75) is 13.5 Å². The molecule has 0 amide bonds. The number of hydrogen-bond donors (Lipinski definition) is 0. The first-order chi connectivity index (χ1) is 11.5. The second-order valence-corrected chi connectivity index (χ2v) is 6.12. The molecule has 0 fully saturated rings. The third-order valence-corrected chi connectivity index (χ3v) is 3.86. The van der Waals surface area contributed by atoms with Crippen molar-refractivity contribution in [2.24, 2.45) is 0 Å². The lowest BCUT2D eigenvalue weighted by molar-refractivity contribution is -0.139. The topological polar surface area (TPSA) is 73.8 Å². The van der Waals surface area contributed by atoms with Crippen molar-refractivity contribution in [1.82, 2.24) is 9.38 Å². The van der Waals surface area contributed by atoms with Crippen LogP contribution in [0.2, 0.25) is 0 Å². The van der Waals surface area contributed by atoms with Crippen LogP contribution in [0.4, 0.5) is 0 Å². The van der Waals surface area contributed by atoms with Crippen LogP contribution in [0.5, 0.6) is 0 Å². The third kappa shape index (κ3) is 3.73. The van der Waals surface area contributed by atoms with Gasteiger partial charge in [-0.3, -0.25) is 9.20 Å². The fourth-order valence-corrected chi connectivity index (χ4v) is 2.58. The van der Waals surface area contributed by atoms with Gasteiger partial charge in [-0.25, -0.2) is 9.78 Å². The Labute approximate surface area is 150 Å². The van der Waals surface area contributed by atoms with E-state index in [1.165, 1.54) is 22.6 Å². The molecule has 0 bridgehead atoms. The van der Waals surface area contributed by atoms with E-state index in [0.717, 1.165) is 9.33 Å². The van der Waals surface area contributed by atoms with Crippen LogP contribution in [0.3, 0.4) is 0 Å². The Balaban J connectivity index is 1.71. The molecule has 3 aromatic rings. The predicted molar refractivity (Wildman–Crippen MR) is 96.5 cm³/mol. The van der Waals surface area contributed by atoms with Crippen molar-refractivity contribution in [2.75, 3.05) is 0 Å². The molecule has 0 unspecified atom stereocenters. The lowest BCUT2D eigenvalue weighted by atomic mass is 10.3. The summed E-state index contributed by atoms with van der Waals surface area (Å²) in [5.41, 5.74) is 1.62. The fourth-order valence-electron chi connectivity index (χ4n) is 2.14. The maximum atomic E-state index is 12.1. The second kappa shape index (κ2) is 7.00. The molecule has 0 saturated carbocycles. The molecule has 0 aliphatic carbocycles. The summed E-state index contributed by atoms with van der Waals surface area (Å²) in [6.45, 7) is 1.80. The van der Waals surface area contributed by atoms with Gasteiger partial charge in [0.15, 0.2) is 3.77 Å². The molecule has 24 heavy (non-hydrogen) atoms. The van der Waals surface area contributed by atoms with Gasteiger partial charge in [0, 0.05) is 18.3 Å². The van der Waals surface area contributed by atoms with E-state index in [4.69, 9.17) is 9.15 Å². The number of carbonyl (C=O) groups excluding carboxylic acids is 1. The van der Waals surface area contributed by atoms with E-state index in [-0.39, 0.29) is 12.2 Å². The maximum absolute atomic E-state index is 12.1. The molecule has 0 aromatic carbocycles. The van der Waals surface area contributed by atoms with Crippen LogP contribution in [0.1, 0.15) is 17.0 Å². The van der Waals surface area contributed by atoms with Crippen molar-refractivity contribution < 1.29 is 13.9 Å². The van der Waals surface area contributed by atoms with Gasteiger partial charge in [0.25, 0.3) is 5.56 Å². The Bertz CT molecular complexity index is 988. The molecular weight excluding hydrogens is 423 g/mol. The molecule has 0 spiro atoms. The van der Waals surface area contributed by atoms with Crippen LogP contribution in [-0.2, 0) is 16.1 Å². The number of aryl methyl sites for hydroxylation is 1. The summed E-state index contributed by atoms with van der Waals surface area (Å²) in [6.07, 6.45) is 4.45. The number of nitrogens with zero attached hydrogens (tertiary/aromatic N) is 2. The number of rotatable bonds is 4. The maximum Gasteiger partial charge on any atom is 0.331 e. The molecule has 0 aliphatic rings. The number of esters is 1. The van der Waals surface area contributed by atoms with Gasteiger partial charge in [0.05, 0.1) is 5.69 Å². The second-order valence-electron chi connectivity index (χ2n) is 5.05. The van der Waals surface area contributed by atoms with Crippen molar-refractivity contribution in [3.63, 3.8) is 0 Å². The first kappa shape index (κ1) is 16.4. The quantitative estimate of drug-likeness (QED) is 0.357. The molecule has 3 rings (SSSR count). The number of hydrogen-bond acceptors (Lipinski definition) is 5. The highest BCUT2D eigenvalue weighted by Crippen LogP contribution is 2.11.